The Labute approximate surface area is 143 Å². The first-order valence-electron chi connectivity index (χ1n) is 8.50. The number of ether oxygens (including phenoxy) is 1. The van der Waals surface area contributed by atoms with Gasteiger partial charge in [-0.3, -0.25) is 9.89 Å². The summed E-state index contributed by atoms with van der Waals surface area (Å²) in [6.07, 6.45) is 2.45. The van der Waals surface area contributed by atoms with E-state index in [0.29, 0.717) is 12.3 Å². The summed E-state index contributed by atoms with van der Waals surface area (Å²) >= 11 is 0. The zero-order valence-electron chi connectivity index (χ0n) is 14.6. The lowest BCUT2D eigenvalue weighted by atomic mass is 9.89. The molecule has 0 atom stereocenters. The molecule has 1 fully saturated rings. The Morgan fingerprint density at radius 3 is 2.71 bits per heavy atom. The average molecular weight is 327 g/mol. The molecule has 0 saturated carbocycles. The number of aromatic amines is 1. The van der Waals surface area contributed by atoms with Crippen molar-refractivity contribution in [2.45, 2.75) is 39.0 Å². The molecule has 1 amide bonds. The van der Waals surface area contributed by atoms with Crippen LogP contribution >= 0.6 is 0 Å². The van der Waals surface area contributed by atoms with Crippen LogP contribution in [0, 0.1) is 13.8 Å². The number of amides is 1. The van der Waals surface area contributed by atoms with Gasteiger partial charge >= 0.3 is 0 Å². The van der Waals surface area contributed by atoms with Crippen molar-refractivity contribution in [3.05, 3.63) is 46.8 Å². The zero-order chi connectivity index (χ0) is 17.1. The molecule has 1 aromatic carbocycles. The van der Waals surface area contributed by atoms with Gasteiger partial charge in [0.05, 0.1) is 19.2 Å². The first-order chi connectivity index (χ1) is 11.6. The SMILES string of the molecule is COc1cccc(C2CCN(C(=O)Cc3c(C)n[nH]c3C)CC2)c1. The number of aryl methyl sites for hydroxylation is 2. The first kappa shape index (κ1) is 16.6. The lowest BCUT2D eigenvalue weighted by molar-refractivity contribution is -0.131. The number of nitrogens with one attached hydrogen (secondary N) is 1. The summed E-state index contributed by atoms with van der Waals surface area (Å²) < 4.78 is 5.31. The Morgan fingerprint density at radius 1 is 1.33 bits per heavy atom. The smallest absolute Gasteiger partial charge is 0.227 e. The molecule has 5 nitrogen and oxygen atoms in total. The quantitative estimate of drug-likeness (QED) is 0.939. The molecule has 5 heteroatoms. The zero-order valence-corrected chi connectivity index (χ0v) is 14.6. The number of carbonyl (C=O) groups is 1. The van der Waals surface area contributed by atoms with Crippen molar-refractivity contribution >= 4 is 5.91 Å². The summed E-state index contributed by atoms with van der Waals surface area (Å²) in [5.74, 6) is 1.60. The summed E-state index contributed by atoms with van der Waals surface area (Å²) in [6.45, 7) is 5.55. The van der Waals surface area contributed by atoms with Crippen LogP contribution in [0.3, 0.4) is 0 Å². The highest BCUT2D eigenvalue weighted by Gasteiger charge is 2.25. The molecule has 24 heavy (non-hydrogen) atoms. The van der Waals surface area contributed by atoms with Gasteiger partial charge in [-0.1, -0.05) is 12.1 Å². The topological polar surface area (TPSA) is 58.2 Å². The molecule has 128 valence electrons. The minimum atomic E-state index is 0.201. The minimum absolute atomic E-state index is 0.201. The number of benzene rings is 1. The van der Waals surface area contributed by atoms with Crippen LogP contribution in [0.4, 0.5) is 0 Å². The number of nitrogens with zero attached hydrogens (tertiary/aromatic N) is 2. The molecule has 0 spiro atoms. The predicted octanol–water partition coefficient (Wildman–Crippen LogP) is 2.98. The fourth-order valence-corrected chi connectivity index (χ4v) is 3.46. The van der Waals surface area contributed by atoms with E-state index in [1.165, 1.54) is 5.56 Å². The third-order valence-electron chi connectivity index (χ3n) is 5.02. The van der Waals surface area contributed by atoms with Crippen LogP contribution in [0.5, 0.6) is 5.75 Å². The number of hydrogen-bond donors (Lipinski definition) is 1. The molecular formula is C19H25N3O2. The number of hydrogen-bond acceptors (Lipinski definition) is 3. The van der Waals surface area contributed by atoms with Crippen molar-refractivity contribution in [1.82, 2.24) is 15.1 Å². The minimum Gasteiger partial charge on any atom is -0.497 e. The fraction of sp³-hybridized carbons (Fsp3) is 0.474. The second-order valence-electron chi connectivity index (χ2n) is 6.52. The molecule has 1 saturated heterocycles. The van der Waals surface area contributed by atoms with E-state index in [1.807, 2.05) is 30.9 Å². The van der Waals surface area contributed by atoms with Gasteiger partial charge in [-0.05, 0) is 50.3 Å². The van der Waals surface area contributed by atoms with E-state index in [-0.39, 0.29) is 5.91 Å². The van der Waals surface area contributed by atoms with Crippen molar-refractivity contribution in [2.75, 3.05) is 20.2 Å². The number of carbonyl (C=O) groups excluding carboxylic acids is 1. The van der Waals surface area contributed by atoms with Gasteiger partial charge in [-0.25, -0.2) is 0 Å². The normalized spacial score (nSPS) is 15.5. The average Bonchev–Trinajstić information content (AvgIpc) is 2.94. The second kappa shape index (κ2) is 7.07. The Morgan fingerprint density at radius 2 is 2.08 bits per heavy atom. The largest absolute Gasteiger partial charge is 0.497 e. The lowest BCUT2D eigenvalue weighted by Gasteiger charge is -2.32. The number of rotatable bonds is 4. The van der Waals surface area contributed by atoms with Crippen LogP contribution in [0.1, 0.15) is 41.3 Å². The van der Waals surface area contributed by atoms with Gasteiger partial charge in [-0.2, -0.15) is 5.10 Å². The number of likely N-dealkylation sites (tertiary alicyclic amines) is 1. The molecule has 0 bridgehead atoms. The molecule has 0 radical (unpaired) electrons. The molecule has 3 rings (SSSR count). The maximum absolute atomic E-state index is 12.6. The highest BCUT2D eigenvalue weighted by atomic mass is 16.5. The van der Waals surface area contributed by atoms with Crippen molar-refractivity contribution < 1.29 is 9.53 Å². The van der Waals surface area contributed by atoms with E-state index >= 15 is 0 Å². The van der Waals surface area contributed by atoms with Crippen molar-refractivity contribution in [3.8, 4) is 5.75 Å². The Hall–Kier alpha value is -2.30. The second-order valence-corrected chi connectivity index (χ2v) is 6.52. The van der Waals surface area contributed by atoms with Crippen LogP contribution in [0.2, 0.25) is 0 Å². The van der Waals surface area contributed by atoms with E-state index in [9.17, 15) is 4.79 Å². The van der Waals surface area contributed by atoms with E-state index in [4.69, 9.17) is 4.74 Å². The van der Waals surface area contributed by atoms with Gasteiger partial charge in [0, 0.05) is 24.3 Å². The monoisotopic (exact) mass is 327 g/mol. The molecule has 1 aliphatic rings. The summed E-state index contributed by atoms with van der Waals surface area (Å²) in [5.41, 5.74) is 4.26. The van der Waals surface area contributed by atoms with Crippen LogP contribution in [0.25, 0.3) is 0 Å². The van der Waals surface area contributed by atoms with Crippen LogP contribution in [-0.4, -0.2) is 41.2 Å². The van der Waals surface area contributed by atoms with Crippen molar-refractivity contribution in [3.63, 3.8) is 0 Å². The molecule has 2 heterocycles. The van der Waals surface area contributed by atoms with Crippen LogP contribution < -0.4 is 4.74 Å². The van der Waals surface area contributed by atoms with Crippen molar-refractivity contribution in [2.24, 2.45) is 0 Å². The predicted molar refractivity (Wildman–Crippen MR) is 93.3 cm³/mol. The van der Waals surface area contributed by atoms with E-state index in [0.717, 1.165) is 48.6 Å². The van der Waals surface area contributed by atoms with Crippen LogP contribution in [0.15, 0.2) is 24.3 Å². The van der Waals surface area contributed by atoms with Gasteiger partial charge in [0.2, 0.25) is 5.91 Å². The highest BCUT2D eigenvalue weighted by molar-refractivity contribution is 5.79. The van der Waals surface area contributed by atoms with Gasteiger partial charge < -0.3 is 9.64 Å². The Kier molecular flexibility index (Phi) is 4.88. The van der Waals surface area contributed by atoms with Crippen molar-refractivity contribution in [1.29, 1.82) is 0 Å². The molecule has 1 N–H and O–H groups in total. The van der Waals surface area contributed by atoms with Crippen LogP contribution in [-0.2, 0) is 11.2 Å². The molecular weight excluding hydrogens is 302 g/mol. The summed E-state index contributed by atoms with van der Waals surface area (Å²) in [6, 6.07) is 8.27. The maximum Gasteiger partial charge on any atom is 0.227 e. The maximum atomic E-state index is 12.6. The van der Waals surface area contributed by atoms with E-state index in [2.05, 4.69) is 22.3 Å². The van der Waals surface area contributed by atoms with E-state index in [1.54, 1.807) is 7.11 Å². The molecule has 0 unspecified atom stereocenters. The van der Waals surface area contributed by atoms with Gasteiger partial charge in [-0.15, -0.1) is 0 Å². The van der Waals surface area contributed by atoms with Gasteiger partial charge in [0.15, 0.2) is 0 Å². The third-order valence-corrected chi connectivity index (χ3v) is 5.02. The lowest BCUT2D eigenvalue weighted by Crippen LogP contribution is -2.38. The fourth-order valence-electron chi connectivity index (χ4n) is 3.46. The standard InChI is InChI=1S/C19H25N3O2/c1-13-18(14(2)21-20-13)12-19(23)22-9-7-15(8-10-22)16-5-4-6-17(11-16)24-3/h4-6,11,15H,7-10,12H2,1-3H3,(H,20,21). The van der Waals surface area contributed by atoms with E-state index < -0.39 is 0 Å². The Bertz CT molecular complexity index is 696. The molecule has 2 aromatic rings. The third kappa shape index (κ3) is 3.45. The first-order valence-corrected chi connectivity index (χ1v) is 8.50. The highest BCUT2D eigenvalue weighted by Crippen LogP contribution is 2.30. The summed E-state index contributed by atoms with van der Waals surface area (Å²) in [7, 11) is 1.69. The van der Waals surface area contributed by atoms with Gasteiger partial charge in [0.25, 0.3) is 0 Å². The number of methoxy groups -OCH3 is 1. The number of aromatic nitrogens is 2. The summed E-state index contributed by atoms with van der Waals surface area (Å²) in [5, 5.41) is 7.13. The molecule has 1 aliphatic heterocycles. The number of piperidine rings is 1. The summed E-state index contributed by atoms with van der Waals surface area (Å²) in [4.78, 5) is 14.6. The molecule has 0 aliphatic carbocycles. The van der Waals surface area contributed by atoms with Gasteiger partial charge in [0.1, 0.15) is 5.75 Å². The Balaban J connectivity index is 1.59. The number of H-pyrrole nitrogens is 1. The molecule has 1 aromatic heterocycles.